The predicted molar refractivity (Wildman–Crippen MR) is 83.9 cm³/mol. The monoisotopic (exact) mass is 315 g/mol. The number of hydrogen-bond donors (Lipinski definition) is 2. The Morgan fingerprint density at radius 1 is 1.26 bits per heavy atom. The minimum Gasteiger partial charge on any atom is -0.318 e. The zero-order valence-corrected chi connectivity index (χ0v) is 13.2. The Morgan fingerprint density at radius 3 is 2.52 bits per heavy atom. The van der Waals surface area contributed by atoms with Crippen molar-refractivity contribution in [3.05, 3.63) is 35.9 Å². The molecular weight excluding hydrogens is 294 g/mol. The molecule has 1 saturated heterocycles. The van der Waals surface area contributed by atoms with Crippen molar-refractivity contribution < 1.29 is 14.4 Å². The summed E-state index contributed by atoms with van der Waals surface area (Å²) in [6.45, 7) is 1.84. The first-order valence-corrected chi connectivity index (χ1v) is 8.11. The van der Waals surface area contributed by atoms with Gasteiger partial charge in [-0.1, -0.05) is 50.1 Å². The van der Waals surface area contributed by atoms with Crippen molar-refractivity contribution in [2.45, 2.75) is 44.6 Å². The molecule has 122 valence electrons. The topological polar surface area (TPSA) is 78.5 Å². The Bertz CT molecular complexity index is 625. The van der Waals surface area contributed by atoms with Gasteiger partial charge in [-0.05, 0) is 24.8 Å². The highest BCUT2D eigenvalue weighted by atomic mass is 16.2. The highest BCUT2D eigenvalue weighted by Gasteiger charge is 2.52. The number of amides is 4. The standard InChI is InChI=1S/C17H21N3O3/c1-2-17(13-10-4-3-5-11-13)15(22)20(16(23)18-17)19-14(21)12-8-6-7-9-12/h3-5,10-12H,2,6-9H2,1H3,(H,18,23)(H,19,21)/t17-/m1/s1. The number of urea groups is 1. The van der Waals surface area contributed by atoms with Gasteiger partial charge in [-0.2, -0.15) is 5.01 Å². The van der Waals surface area contributed by atoms with Gasteiger partial charge in [0.1, 0.15) is 5.54 Å². The van der Waals surface area contributed by atoms with Gasteiger partial charge in [-0.15, -0.1) is 0 Å². The lowest BCUT2D eigenvalue weighted by Gasteiger charge is -2.25. The maximum Gasteiger partial charge on any atom is 0.344 e. The summed E-state index contributed by atoms with van der Waals surface area (Å²) < 4.78 is 0. The lowest BCUT2D eigenvalue weighted by Crippen LogP contribution is -2.49. The Labute approximate surface area is 135 Å². The van der Waals surface area contributed by atoms with Crippen molar-refractivity contribution in [2.24, 2.45) is 5.92 Å². The van der Waals surface area contributed by atoms with Crippen LogP contribution in [0, 0.1) is 5.92 Å². The molecule has 6 nitrogen and oxygen atoms in total. The van der Waals surface area contributed by atoms with E-state index < -0.39 is 17.5 Å². The van der Waals surface area contributed by atoms with E-state index in [2.05, 4.69) is 10.7 Å². The number of imide groups is 1. The maximum absolute atomic E-state index is 12.8. The summed E-state index contributed by atoms with van der Waals surface area (Å²) in [4.78, 5) is 37.4. The third-order valence-corrected chi connectivity index (χ3v) is 4.84. The second-order valence-electron chi connectivity index (χ2n) is 6.15. The molecule has 1 atom stereocenters. The van der Waals surface area contributed by atoms with Crippen LogP contribution < -0.4 is 10.7 Å². The van der Waals surface area contributed by atoms with Crippen LogP contribution in [0.5, 0.6) is 0 Å². The molecule has 1 aliphatic carbocycles. The first-order valence-electron chi connectivity index (χ1n) is 8.11. The van der Waals surface area contributed by atoms with Gasteiger partial charge in [-0.3, -0.25) is 15.0 Å². The number of carbonyl (C=O) groups excluding carboxylic acids is 3. The van der Waals surface area contributed by atoms with Crippen molar-refractivity contribution in [2.75, 3.05) is 0 Å². The highest BCUT2D eigenvalue weighted by molar-refractivity contribution is 6.08. The Morgan fingerprint density at radius 2 is 1.91 bits per heavy atom. The molecule has 1 aromatic carbocycles. The van der Waals surface area contributed by atoms with E-state index in [9.17, 15) is 14.4 Å². The summed E-state index contributed by atoms with van der Waals surface area (Å²) in [6, 6.07) is 8.55. The molecule has 1 aromatic rings. The van der Waals surface area contributed by atoms with Crippen LogP contribution in [0.4, 0.5) is 4.79 Å². The molecule has 0 unspecified atom stereocenters. The first kappa shape index (κ1) is 15.5. The van der Waals surface area contributed by atoms with Crippen molar-refractivity contribution in [3.63, 3.8) is 0 Å². The molecule has 1 aliphatic heterocycles. The molecule has 23 heavy (non-hydrogen) atoms. The van der Waals surface area contributed by atoms with E-state index in [0.29, 0.717) is 6.42 Å². The molecule has 6 heteroatoms. The molecule has 2 N–H and O–H groups in total. The molecule has 0 aromatic heterocycles. The number of rotatable bonds is 4. The minimum absolute atomic E-state index is 0.107. The summed E-state index contributed by atoms with van der Waals surface area (Å²) in [7, 11) is 0. The van der Waals surface area contributed by atoms with Crippen LogP contribution in [-0.4, -0.2) is 22.9 Å². The van der Waals surface area contributed by atoms with Gasteiger partial charge in [0.2, 0.25) is 5.91 Å². The van der Waals surface area contributed by atoms with E-state index in [1.807, 2.05) is 37.3 Å². The normalized spacial score (nSPS) is 24.8. The van der Waals surface area contributed by atoms with E-state index in [4.69, 9.17) is 0 Å². The van der Waals surface area contributed by atoms with Gasteiger partial charge >= 0.3 is 6.03 Å². The van der Waals surface area contributed by atoms with Crippen LogP contribution in [0.2, 0.25) is 0 Å². The predicted octanol–water partition coefficient (Wildman–Crippen LogP) is 2.07. The number of carbonyl (C=O) groups is 3. The summed E-state index contributed by atoms with van der Waals surface area (Å²) in [5.74, 6) is -0.780. The second kappa shape index (κ2) is 6.02. The van der Waals surface area contributed by atoms with Gasteiger partial charge in [0.05, 0.1) is 0 Å². The third kappa shape index (κ3) is 2.58. The van der Waals surface area contributed by atoms with E-state index in [-0.39, 0.29) is 11.8 Å². The number of hydrogen-bond acceptors (Lipinski definition) is 3. The van der Waals surface area contributed by atoms with Crippen molar-refractivity contribution in [1.29, 1.82) is 0 Å². The molecule has 0 radical (unpaired) electrons. The summed E-state index contributed by atoms with van der Waals surface area (Å²) in [5.41, 5.74) is 2.12. The lowest BCUT2D eigenvalue weighted by atomic mass is 9.87. The smallest absolute Gasteiger partial charge is 0.318 e. The van der Waals surface area contributed by atoms with Gasteiger partial charge in [-0.25, -0.2) is 4.79 Å². The van der Waals surface area contributed by atoms with E-state index in [1.165, 1.54) is 0 Å². The maximum atomic E-state index is 12.8. The van der Waals surface area contributed by atoms with Crippen molar-refractivity contribution in [1.82, 2.24) is 15.8 Å². The highest BCUT2D eigenvalue weighted by Crippen LogP contribution is 2.32. The molecule has 2 aliphatic rings. The van der Waals surface area contributed by atoms with Crippen LogP contribution in [0.1, 0.15) is 44.6 Å². The fourth-order valence-corrected chi connectivity index (χ4v) is 3.43. The summed E-state index contributed by atoms with van der Waals surface area (Å²) >= 11 is 0. The quantitative estimate of drug-likeness (QED) is 0.835. The van der Waals surface area contributed by atoms with Crippen LogP contribution in [0.15, 0.2) is 30.3 Å². The molecule has 0 spiro atoms. The van der Waals surface area contributed by atoms with Gasteiger partial charge in [0, 0.05) is 5.92 Å². The number of hydrazine groups is 1. The van der Waals surface area contributed by atoms with E-state index >= 15 is 0 Å². The molecule has 2 fully saturated rings. The average Bonchev–Trinajstić information content (AvgIpc) is 3.19. The molecule has 1 saturated carbocycles. The molecule has 1 heterocycles. The number of nitrogens with zero attached hydrogens (tertiary/aromatic N) is 1. The van der Waals surface area contributed by atoms with Crippen LogP contribution in [0.25, 0.3) is 0 Å². The average molecular weight is 315 g/mol. The van der Waals surface area contributed by atoms with Crippen LogP contribution >= 0.6 is 0 Å². The number of nitrogens with one attached hydrogen (secondary N) is 2. The molecular formula is C17H21N3O3. The third-order valence-electron chi connectivity index (χ3n) is 4.84. The molecule has 4 amide bonds. The van der Waals surface area contributed by atoms with Crippen LogP contribution in [-0.2, 0) is 15.1 Å². The van der Waals surface area contributed by atoms with Crippen LogP contribution in [0.3, 0.4) is 0 Å². The summed E-state index contributed by atoms with van der Waals surface area (Å²) in [5, 5.41) is 3.60. The Kier molecular flexibility index (Phi) is 4.07. The van der Waals surface area contributed by atoms with Crippen molar-refractivity contribution >= 4 is 17.8 Å². The SMILES string of the molecule is CC[C@]1(c2ccccc2)NC(=O)N(NC(=O)C2CCCC2)C1=O. The fraction of sp³-hybridized carbons (Fsp3) is 0.471. The van der Waals surface area contributed by atoms with Crippen molar-refractivity contribution in [3.8, 4) is 0 Å². The lowest BCUT2D eigenvalue weighted by molar-refractivity contribution is -0.140. The first-order chi connectivity index (χ1) is 11.1. The Hall–Kier alpha value is -2.37. The molecule has 3 rings (SSSR count). The minimum atomic E-state index is -1.11. The van der Waals surface area contributed by atoms with E-state index in [0.717, 1.165) is 36.3 Å². The van der Waals surface area contributed by atoms with E-state index in [1.54, 1.807) is 0 Å². The van der Waals surface area contributed by atoms with Gasteiger partial charge in [0.15, 0.2) is 0 Å². The summed E-state index contributed by atoms with van der Waals surface area (Å²) in [6.07, 6.45) is 4.07. The zero-order chi connectivity index (χ0) is 16.4. The fourth-order valence-electron chi connectivity index (χ4n) is 3.43. The van der Waals surface area contributed by atoms with Gasteiger partial charge < -0.3 is 5.32 Å². The Balaban J connectivity index is 1.82. The molecule has 0 bridgehead atoms. The van der Waals surface area contributed by atoms with Gasteiger partial charge in [0.25, 0.3) is 5.91 Å². The zero-order valence-electron chi connectivity index (χ0n) is 13.2. The largest absolute Gasteiger partial charge is 0.344 e. The second-order valence-corrected chi connectivity index (χ2v) is 6.15. The number of benzene rings is 1.